The van der Waals surface area contributed by atoms with Crippen LogP contribution in [-0.2, 0) is 24.3 Å². The number of nitrogens with zero attached hydrogens (tertiary/aromatic N) is 2. The Morgan fingerprint density at radius 1 is 0.853 bits per heavy atom. The van der Waals surface area contributed by atoms with Gasteiger partial charge >= 0.3 is 0 Å². The zero-order chi connectivity index (χ0) is 23.8. The SMILES string of the molecule is NC(=O)[C@H](Cc1ccccc1)NC(=O)c1ccc(CNCc2ccc(-n3ccnc3)cc2)cc1. The van der Waals surface area contributed by atoms with Crippen molar-refractivity contribution in [3.63, 3.8) is 0 Å². The van der Waals surface area contributed by atoms with Gasteiger partial charge in [0, 0.05) is 43.2 Å². The highest BCUT2D eigenvalue weighted by atomic mass is 16.2. The molecule has 34 heavy (non-hydrogen) atoms. The molecule has 7 heteroatoms. The number of imidazole rings is 1. The molecule has 1 atom stereocenters. The molecule has 0 aliphatic carbocycles. The van der Waals surface area contributed by atoms with Gasteiger partial charge in [-0.1, -0.05) is 54.6 Å². The Bertz CT molecular complexity index is 1200. The molecular formula is C27H27N5O2. The second kappa shape index (κ2) is 11.1. The minimum Gasteiger partial charge on any atom is -0.368 e. The first-order valence-corrected chi connectivity index (χ1v) is 11.1. The molecule has 0 spiro atoms. The van der Waals surface area contributed by atoms with Crippen molar-refractivity contribution in [3.05, 3.63) is 120 Å². The van der Waals surface area contributed by atoms with E-state index in [1.165, 1.54) is 5.56 Å². The molecule has 1 aromatic heterocycles. The number of primary amides is 1. The van der Waals surface area contributed by atoms with E-state index in [0.717, 1.165) is 23.4 Å². The van der Waals surface area contributed by atoms with E-state index in [0.29, 0.717) is 18.5 Å². The third kappa shape index (κ3) is 6.17. The standard InChI is InChI=1S/C27H27N5O2/c28-26(33)25(16-20-4-2-1-3-5-20)31-27(34)23-10-6-21(7-11-23)17-30-18-22-8-12-24(13-9-22)32-15-14-29-19-32/h1-15,19,25,30H,16-18H2,(H2,28,33)(H,31,34)/t25-/m0/s1. The normalized spacial score (nSPS) is 11.6. The van der Waals surface area contributed by atoms with Crippen molar-refractivity contribution in [2.75, 3.05) is 0 Å². The van der Waals surface area contributed by atoms with Crippen LogP contribution in [0.15, 0.2) is 97.6 Å². The van der Waals surface area contributed by atoms with Crippen molar-refractivity contribution in [1.29, 1.82) is 0 Å². The molecule has 4 rings (SSSR count). The van der Waals surface area contributed by atoms with Crippen LogP contribution < -0.4 is 16.4 Å². The fraction of sp³-hybridized carbons (Fsp3) is 0.148. The molecule has 0 saturated carbocycles. The van der Waals surface area contributed by atoms with Crippen molar-refractivity contribution in [1.82, 2.24) is 20.2 Å². The number of aromatic nitrogens is 2. The lowest BCUT2D eigenvalue weighted by Gasteiger charge is -2.16. The van der Waals surface area contributed by atoms with Crippen LogP contribution in [-0.4, -0.2) is 27.4 Å². The highest BCUT2D eigenvalue weighted by molar-refractivity contribution is 5.97. The molecule has 4 aromatic rings. The van der Waals surface area contributed by atoms with Gasteiger partial charge in [-0.3, -0.25) is 9.59 Å². The summed E-state index contributed by atoms with van der Waals surface area (Å²) < 4.78 is 1.96. The lowest BCUT2D eigenvalue weighted by Crippen LogP contribution is -2.45. The smallest absolute Gasteiger partial charge is 0.251 e. The van der Waals surface area contributed by atoms with Gasteiger partial charge in [0.2, 0.25) is 5.91 Å². The van der Waals surface area contributed by atoms with Crippen LogP contribution in [0.4, 0.5) is 0 Å². The van der Waals surface area contributed by atoms with E-state index in [2.05, 4.69) is 39.9 Å². The Balaban J connectivity index is 1.27. The van der Waals surface area contributed by atoms with Gasteiger partial charge in [-0.15, -0.1) is 0 Å². The predicted octanol–water partition coefficient (Wildman–Crippen LogP) is 2.99. The Kier molecular flexibility index (Phi) is 7.47. The monoisotopic (exact) mass is 453 g/mol. The Morgan fingerprint density at radius 3 is 2.09 bits per heavy atom. The molecule has 0 fully saturated rings. The molecule has 3 aromatic carbocycles. The molecule has 0 saturated heterocycles. The van der Waals surface area contributed by atoms with Gasteiger partial charge in [0.25, 0.3) is 5.91 Å². The van der Waals surface area contributed by atoms with Crippen LogP contribution in [0.25, 0.3) is 5.69 Å². The van der Waals surface area contributed by atoms with Gasteiger partial charge in [0.15, 0.2) is 0 Å². The van der Waals surface area contributed by atoms with Crippen LogP contribution in [0.5, 0.6) is 0 Å². The zero-order valence-corrected chi connectivity index (χ0v) is 18.7. The van der Waals surface area contributed by atoms with Crippen LogP contribution in [0.3, 0.4) is 0 Å². The van der Waals surface area contributed by atoms with Crippen molar-refractivity contribution in [2.24, 2.45) is 5.73 Å². The number of nitrogens with one attached hydrogen (secondary N) is 2. The van der Waals surface area contributed by atoms with Gasteiger partial charge in [-0.2, -0.15) is 0 Å². The summed E-state index contributed by atoms with van der Waals surface area (Å²) in [5.74, 6) is -0.881. The van der Waals surface area contributed by atoms with Gasteiger partial charge in [-0.25, -0.2) is 4.98 Å². The summed E-state index contributed by atoms with van der Waals surface area (Å²) in [5.41, 5.74) is 10.2. The van der Waals surface area contributed by atoms with E-state index >= 15 is 0 Å². The molecule has 0 aliphatic heterocycles. The van der Waals surface area contributed by atoms with Crippen molar-refractivity contribution >= 4 is 11.8 Å². The van der Waals surface area contributed by atoms with Crippen molar-refractivity contribution in [2.45, 2.75) is 25.6 Å². The molecule has 172 valence electrons. The Hall–Kier alpha value is -4.23. The lowest BCUT2D eigenvalue weighted by atomic mass is 10.0. The third-order valence-electron chi connectivity index (χ3n) is 5.54. The largest absolute Gasteiger partial charge is 0.368 e. The van der Waals surface area contributed by atoms with Crippen molar-refractivity contribution in [3.8, 4) is 5.69 Å². The summed E-state index contributed by atoms with van der Waals surface area (Å²) in [6, 6.07) is 24.3. The number of hydrogen-bond donors (Lipinski definition) is 3. The number of carbonyl (C=O) groups is 2. The number of hydrogen-bond acceptors (Lipinski definition) is 4. The summed E-state index contributed by atoms with van der Waals surface area (Å²) in [7, 11) is 0. The molecule has 2 amide bonds. The number of nitrogens with two attached hydrogens (primary N) is 1. The first kappa shape index (κ1) is 22.9. The second-order valence-corrected chi connectivity index (χ2v) is 8.06. The quantitative estimate of drug-likeness (QED) is 0.344. The maximum Gasteiger partial charge on any atom is 0.251 e. The first-order valence-electron chi connectivity index (χ1n) is 11.1. The molecule has 1 heterocycles. The fourth-order valence-corrected chi connectivity index (χ4v) is 3.64. The molecular weight excluding hydrogens is 426 g/mol. The zero-order valence-electron chi connectivity index (χ0n) is 18.7. The maximum absolute atomic E-state index is 12.6. The fourth-order valence-electron chi connectivity index (χ4n) is 3.64. The molecule has 0 unspecified atom stereocenters. The maximum atomic E-state index is 12.6. The Morgan fingerprint density at radius 2 is 1.50 bits per heavy atom. The topological polar surface area (TPSA) is 102 Å². The van der Waals surface area contributed by atoms with Crippen LogP contribution in [0.2, 0.25) is 0 Å². The number of carbonyl (C=O) groups excluding carboxylic acids is 2. The average molecular weight is 454 g/mol. The van der Waals surface area contributed by atoms with E-state index < -0.39 is 11.9 Å². The van der Waals surface area contributed by atoms with Crippen LogP contribution in [0.1, 0.15) is 27.0 Å². The molecule has 0 radical (unpaired) electrons. The van der Waals surface area contributed by atoms with Crippen molar-refractivity contribution < 1.29 is 9.59 Å². The summed E-state index contributed by atoms with van der Waals surface area (Å²) in [6.07, 6.45) is 5.79. The lowest BCUT2D eigenvalue weighted by molar-refractivity contribution is -0.119. The highest BCUT2D eigenvalue weighted by Gasteiger charge is 2.19. The molecule has 0 bridgehead atoms. The average Bonchev–Trinajstić information content (AvgIpc) is 3.40. The van der Waals surface area contributed by atoms with E-state index in [4.69, 9.17) is 5.73 Å². The summed E-state index contributed by atoms with van der Waals surface area (Å²) in [4.78, 5) is 28.5. The highest BCUT2D eigenvalue weighted by Crippen LogP contribution is 2.10. The van der Waals surface area contributed by atoms with Gasteiger partial charge in [-0.05, 0) is 41.0 Å². The number of benzene rings is 3. The second-order valence-electron chi connectivity index (χ2n) is 8.06. The van der Waals surface area contributed by atoms with Gasteiger partial charge < -0.3 is 20.9 Å². The first-order chi connectivity index (χ1) is 16.6. The van der Waals surface area contributed by atoms with Crippen LogP contribution >= 0.6 is 0 Å². The van der Waals surface area contributed by atoms with E-state index in [1.807, 2.05) is 53.2 Å². The van der Waals surface area contributed by atoms with E-state index in [9.17, 15) is 9.59 Å². The van der Waals surface area contributed by atoms with Gasteiger partial charge in [0.1, 0.15) is 6.04 Å². The van der Waals surface area contributed by atoms with Gasteiger partial charge in [0.05, 0.1) is 6.33 Å². The Labute approximate surface area is 198 Å². The molecule has 4 N–H and O–H groups in total. The van der Waals surface area contributed by atoms with E-state index in [1.54, 1.807) is 24.7 Å². The summed E-state index contributed by atoms with van der Waals surface area (Å²) in [6.45, 7) is 1.40. The summed E-state index contributed by atoms with van der Waals surface area (Å²) in [5, 5.41) is 6.16. The number of rotatable bonds is 10. The van der Waals surface area contributed by atoms with Crippen LogP contribution in [0, 0.1) is 0 Å². The molecule has 0 aliphatic rings. The molecule has 7 nitrogen and oxygen atoms in total. The summed E-state index contributed by atoms with van der Waals surface area (Å²) >= 11 is 0. The minimum atomic E-state index is -0.767. The minimum absolute atomic E-state index is 0.322. The van der Waals surface area contributed by atoms with E-state index in [-0.39, 0.29) is 5.91 Å². The number of amides is 2. The third-order valence-corrected chi connectivity index (χ3v) is 5.54. The predicted molar refractivity (Wildman–Crippen MR) is 131 cm³/mol.